The predicted molar refractivity (Wildman–Crippen MR) is 141 cm³/mol. The molecule has 10 nitrogen and oxygen atoms in total. The second-order valence-corrected chi connectivity index (χ2v) is 9.72. The summed E-state index contributed by atoms with van der Waals surface area (Å²) in [5.41, 5.74) is 9.12. The molecule has 0 saturated carbocycles. The van der Waals surface area contributed by atoms with Crippen molar-refractivity contribution in [3.63, 3.8) is 0 Å². The second kappa shape index (κ2) is 11.8. The fourth-order valence-electron chi connectivity index (χ4n) is 4.08. The summed E-state index contributed by atoms with van der Waals surface area (Å²) < 4.78 is 52.6. The van der Waals surface area contributed by atoms with Crippen molar-refractivity contribution in [2.45, 2.75) is 32.4 Å². The van der Waals surface area contributed by atoms with E-state index in [9.17, 15) is 22.4 Å². The van der Waals surface area contributed by atoms with E-state index < -0.39 is 18.0 Å². The first-order valence-corrected chi connectivity index (χ1v) is 12.4. The van der Waals surface area contributed by atoms with Crippen LogP contribution in [-0.4, -0.2) is 56.2 Å². The number of carboxylic acids is 1. The van der Waals surface area contributed by atoms with Crippen molar-refractivity contribution >= 4 is 28.9 Å². The molecule has 0 fully saturated rings. The zero-order valence-corrected chi connectivity index (χ0v) is 21.9. The molecule has 1 amide bonds. The Morgan fingerprint density at radius 1 is 1.20 bits per heavy atom. The molecule has 4 aromatic rings. The summed E-state index contributed by atoms with van der Waals surface area (Å²) in [6.45, 7) is 5.12. The molecule has 5 N–H and O–H groups in total. The molecule has 5 rings (SSSR count). The summed E-state index contributed by atoms with van der Waals surface area (Å²) in [4.78, 5) is 37.2. The minimum Gasteiger partial charge on any atom is -0.493 e. The van der Waals surface area contributed by atoms with Gasteiger partial charge in [0.1, 0.15) is 17.1 Å². The van der Waals surface area contributed by atoms with Crippen LogP contribution in [0.2, 0.25) is 0 Å². The highest BCUT2D eigenvalue weighted by Gasteiger charge is 2.38. The standard InChI is InChI=1S/C25H25FN6O2.C2HF3O2/c1-13(2)11-29-24(33)14-3-4-21-16(7-14)8-17(12-34-21)23-30-20-10-15(9-18(26)22(20)32-23)19-5-6-28-25(27)31-19;3-2(4,5)1(6)7/h3-7,9-10,13,17H,8,11-12H2,1-2H3,(H,29,33)(H,30,32)(H2,27,28,31);(H,6,7). The highest BCUT2D eigenvalue weighted by molar-refractivity contribution is 5.94. The Kier molecular flexibility index (Phi) is 8.40. The van der Waals surface area contributed by atoms with E-state index >= 15 is 0 Å². The average Bonchev–Trinajstić information content (AvgIpc) is 3.36. The zero-order chi connectivity index (χ0) is 29.9. The third-order valence-corrected chi connectivity index (χ3v) is 6.06. The number of alkyl halides is 3. The van der Waals surface area contributed by atoms with Gasteiger partial charge in [-0.05, 0) is 54.3 Å². The molecule has 14 heteroatoms. The Morgan fingerprint density at radius 2 is 1.93 bits per heavy atom. The van der Waals surface area contributed by atoms with Gasteiger partial charge in [-0.25, -0.2) is 24.1 Å². The summed E-state index contributed by atoms with van der Waals surface area (Å²) in [5, 5.41) is 10.1. The van der Waals surface area contributed by atoms with Crippen molar-refractivity contribution in [2.75, 3.05) is 18.9 Å². The molecular weight excluding hydrogens is 548 g/mol. The lowest BCUT2D eigenvalue weighted by molar-refractivity contribution is -0.192. The van der Waals surface area contributed by atoms with Gasteiger partial charge in [0, 0.05) is 23.9 Å². The van der Waals surface area contributed by atoms with E-state index in [1.165, 1.54) is 12.3 Å². The van der Waals surface area contributed by atoms with Crippen LogP contribution in [0.5, 0.6) is 5.75 Å². The number of aromatic amines is 1. The van der Waals surface area contributed by atoms with Crippen molar-refractivity contribution < 1.29 is 37.0 Å². The topological polar surface area (TPSA) is 156 Å². The maximum atomic E-state index is 14.9. The smallest absolute Gasteiger partial charge is 0.490 e. The van der Waals surface area contributed by atoms with Crippen LogP contribution in [0, 0.1) is 11.7 Å². The lowest BCUT2D eigenvalue weighted by Gasteiger charge is -2.24. The summed E-state index contributed by atoms with van der Waals surface area (Å²) in [6.07, 6.45) is -2.93. The Balaban J connectivity index is 0.000000493. The van der Waals surface area contributed by atoms with E-state index in [1.54, 1.807) is 18.2 Å². The summed E-state index contributed by atoms with van der Waals surface area (Å²) in [5.74, 6) is -1.54. The molecule has 0 saturated heterocycles. The molecule has 41 heavy (non-hydrogen) atoms. The van der Waals surface area contributed by atoms with E-state index in [4.69, 9.17) is 20.4 Å². The maximum Gasteiger partial charge on any atom is 0.490 e. The van der Waals surface area contributed by atoms with Crippen LogP contribution in [-0.2, 0) is 11.2 Å². The van der Waals surface area contributed by atoms with Crippen LogP contribution in [0.1, 0.15) is 41.5 Å². The summed E-state index contributed by atoms with van der Waals surface area (Å²) in [6, 6.07) is 10.3. The number of carbonyl (C=O) groups excluding carboxylic acids is 1. The van der Waals surface area contributed by atoms with Crippen molar-refractivity contribution in [3.8, 4) is 17.0 Å². The van der Waals surface area contributed by atoms with Gasteiger partial charge in [-0.3, -0.25) is 4.79 Å². The number of nitrogens with two attached hydrogens (primary N) is 1. The number of carbonyl (C=O) groups is 2. The minimum absolute atomic E-state index is 0.105. The highest BCUT2D eigenvalue weighted by Crippen LogP contribution is 2.34. The van der Waals surface area contributed by atoms with Gasteiger partial charge in [-0.1, -0.05) is 13.8 Å². The number of imidazole rings is 1. The first-order chi connectivity index (χ1) is 19.3. The first kappa shape index (κ1) is 29.2. The number of rotatable bonds is 5. The molecule has 2 aromatic heterocycles. The molecule has 0 aliphatic carbocycles. The van der Waals surface area contributed by atoms with Gasteiger partial charge < -0.3 is 25.9 Å². The number of nitrogen functional groups attached to an aromatic ring is 1. The number of aliphatic carboxylic acids is 1. The minimum atomic E-state index is -5.08. The van der Waals surface area contributed by atoms with E-state index in [0.29, 0.717) is 53.7 Å². The molecule has 216 valence electrons. The van der Waals surface area contributed by atoms with Gasteiger partial charge in [0.25, 0.3) is 5.91 Å². The molecule has 1 unspecified atom stereocenters. The van der Waals surface area contributed by atoms with E-state index in [1.807, 2.05) is 26.0 Å². The maximum absolute atomic E-state index is 14.9. The van der Waals surface area contributed by atoms with Gasteiger partial charge >= 0.3 is 12.1 Å². The highest BCUT2D eigenvalue weighted by atomic mass is 19.4. The number of amides is 1. The number of aromatic nitrogens is 4. The first-order valence-electron chi connectivity index (χ1n) is 12.4. The van der Waals surface area contributed by atoms with Crippen LogP contribution in [0.25, 0.3) is 22.3 Å². The number of nitrogens with one attached hydrogen (secondary N) is 2. The third-order valence-electron chi connectivity index (χ3n) is 6.06. The normalized spacial score (nSPS) is 14.6. The molecule has 2 aromatic carbocycles. The lowest BCUT2D eigenvalue weighted by Crippen LogP contribution is -2.28. The van der Waals surface area contributed by atoms with Crippen LogP contribution < -0.4 is 15.8 Å². The molecule has 0 radical (unpaired) electrons. The van der Waals surface area contributed by atoms with Gasteiger partial charge in [-0.2, -0.15) is 13.2 Å². The number of nitrogens with zero attached hydrogens (tertiary/aromatic N) is 3. The van der Waals surface area contributed by atoms with Crippen molar-refractivity contribution in [1.82, 2.24) is 25.3 Å². The van der Waals surface area contributed by atoms with Crippen molar-refractivity contribution in [2.24, 2.45) is 5.92 Å². The molecule has 0 bridgehead atoms. The van der Waals surface area contributed by atoms with Crippen LogP contribution in [0.3, 0.4) is 0 Å². The number of fused-ring (bicyclic) bond motifs is 2. The fourth-order valence-corrected chi connectivity index (χ4v) is 4.08. The number of benzene rings is 2. The SMILES string of the molecule is CC(C)CNC(=O)c1ccc2c(c1)CC(c1nc3c(F)cc(-c4ccnc(N)n4)cc3[nH]1)CO2.O=C(O)C(F)(F)F. The third kappa shape index (κ3) is 7.07. The number of carboxylic acid groups (broad SMARTS) is 1. The summed E-state index contributed by atoms with van der Waals surface area (Å²) in [7, 11) is 0. The summed E-state index contributed by atoms with van der Waals surface area (Å²) >= 11 is 0. The van der Waals surface area contributed by atoms with Crippen molar-refractivity contribution in [1.29, 1.82) is 0 Å². The largest absolute Gasteiger partial charge is 0.493 e. The lowest BCUT2D eigenvalue weighted by atomic mass is 9.94. The van der Waals surface area contributed by atoms with Gasteiger partial charge in [0.15, 0.2) is 5.82 Å². The van der Waals surface area contributed by atoms with Gasteiger partial charge in [0.05, 0.1) is 23.7 Å². The Bertz CT molecular complexity index is 1590. The van der Waals surface area contributed by atoms with Crippen molar-refractivity contribution in [3.05, 3.63) is 65.4 Å². The second-order valence-electron chi connectivity index (χ2n) is 9.72. The molecule has 3 heterocycles. The zero-order valence-electron chi connectivity index (χ0n) is 21.9. The quantitative estimate of drug-likeness (QED) is 0.254. The Morgan fingerprint density at radius 3 is 2.59 bits per heavy atom. The van der Waals surface area contributed by atoms with Gasteiger partial charge in [-0.15, -0.1) is 0 Å². The predicted octanol–water partition coefficient (Wildman–Crippen LogP) is 4.48. The van der Waals surface area contributed by atoms with Crippen LogP contribution >= 0.6 is 0 Å². The number of H-pyrrole nitrogens is 1. The molecular formula is C27H26F4N6O4. The van der Waals surface area contributed by atoms with E-state index in [0.717, 1.165) is 11.3 Å². The fraction of sp³-hybridized carbons (Fsp3) is 0.296. The van der Waals surface area contributed by atoms with Crippen LogP contribution in [0.4, 0.5) is 23.5 Å². The number of anilines is 1. The molecule has 1 aliphatic rings. The van der Waals surface area contributed by atoms with E-state index in [-0.39, 0.29) is 23.3 Å². The Hall–Kier alpha value is -4.75. The monoisotopic (exact) mass is 574 g/mol. The average molecular weight is 575 g/mol. The molecule has 1 aliphatic heterocycles. The van der Waals surface area contributed by atoms with E-state index in [2.05, 4.69) is 25.3 Å². The number of halogens is 4. The molecule has 1 atom stereocenters. The number of hydrogen-bond donors (Lipinski definition) is 4. The Labute approximate surface area is 231 Å². The molecule has 0 spiro atoms. The number of hydrogen-bond acceptors (Lipinski definition) is 7. The van der Waals surface area contributed by atoms with Gasteiger partial charge in [0.2, 0.25) is 5.95 Å². The van der Waals surface area contributed by atoms with Crippen LogP contribution in [0.15, 0.2) is 42.6 Å². The number of ether oxygens (including phenoxy) is 1.